The van der Waals surface area contributed by atoms with Crippen LogP contribution in [0, 0.1) is 12.8 Å². The Balaban J connectivity index is 1.28. The van der Waals surface area contributed by atoms with Gasteiger partial charge in [0.05, 0.1) is 0 Å². The third-order valence-electron chi connectivity index (χ3n) is 7.21. The molecule has 42 heavy (non-hydrogen) atoms. The molecule has 6 rings (SSSR count). The molecule has 0 radical (unpaired) electrons. The fourth-order valence-electron chi connectivity index (χ4n) is 5.05. The summed E-state index contributed by atoms with van der Waals surface area (Å²) in [5.41, 5.74) is 3.91. The molecule has 3 aromatic carbocycles. The lowest BCUT2D eigenvalue weighted by molar-refractivity contribution is 0.208. The maximum absolute atomic E-state index is 13.0. The number of anilines is 2. The second kappa shape index (κ2) is 11.9. The lowest BCUT2D eigenvalue weighted by Gasteiger charge is -2.35. The van der Waals surface area contributed by atoms with Gasteiger partial charge in [-0.3, -0.25) is 0 Å². The molecule has 0 bridgehead atoms. The van der Waals surface area contributed by atoms with Crippen molar-refractivity contribution < 1.29 is 14.1 Å². The van der Waals surface area contributed by atoms with Crippen LogP contribution in [0.5, 0.6) is 11.5 Å². The molecule has 0 saturated carbocycles. The predicted octanol–water partition coefficient (Wildman–Crippen LogP) is 6.94. The Hall–Kier alpha value is -4.92. The van der Waals surface area contributed by atoms with E-state index in [-0.39, 0.29) is 6.03 Å². The SMILES string of the molecule is Cc1ccc(NC(=O)N2CCN(c3nc(CC(C)C)nc4onc(-c5cccc(Oc6ccccc6)c5)c34)CC2)cc1. The molecule has 1 saturated heterocycles. The van der Waals surface area contributed by atoms with Crippen LogP contribution in [0.3, 0.4) is 0 Å². The maximum Gasteiger partial charge on any atom is 0.321 e. The molecule has 1 aliphatic heterocycles. The zero-order valence-corrected chi connectivity index (χ0v) is 24.1. The smallest absolute Gasteiger partial charge is 0.321 e. The van der Waals surface area contributed by atoms with E-state index in [1.807, 2.05) is 90.7 Å². The number of nitrogens with zero attached hydrogens (tertiary/aromatic N) is 5. The second-order valence-corrected chi connectivity index (χ2v) is 11.0. The number of carbonyl (C=O) groups excluding carboxylic acids is 1. The normalized spacial score (nSPS) is 13.5. The van der Waals surface area contributed by atoms with Gasteiger partial charge in [-0.2, -0.15) is 4.98 Å². The number of ether oxygens (including phenoxy) is 1. The first-order valence-corrected chi connectivity index (χ1v) is 14.3. The zero-order chi connectivity index (χ0) is 29.1. The molecular formula is C33H34N6O3. The van der Waals surface area contributed by atoms with E-state index in [1.165, 1.54) is 0 Å². The second-order valence-electron chi connectivity index (χ2n) is 11.0. The van der Waals surface area contributed by atoms with Gasteiger partial charge in [0.25, 0.3) is 5.71 Å². The van der Waals surface area contributed by atoms with Crippen molar-refractivity contribution in [2.45, 2.75) is 27.2 Å². The molecular weight excluding hydrogens is 528 g/mol. The number of aromatic nitrogens is 3. The van der Waals surface area contributed by atoms with Crippen molar-refractivity contribution in [3.8, 4) is 22.8 Å². The van der Waals surface area contributed by atoms with Crippen molar-refractivity contribution >= 4 is 28.6 Å². The first kappa shape index (κ1) is 27.3. The van der Waals surface area contributed by atoms with E-state index in [0.717, 1.165) is 46.0 Å². The van der Waals surface area contributed by atoms with Crippen LogP contribution in [-0.4, -0.2) is 52.2 Å². The lowest BCUT2D eigenvalue weighted by Crippen LogP contribution is -2.50. The van der Waals surface area contributed by atoms with Crippen molar-refractivity contribution in [1.29, 1.82) is 0 Å². The molecule has 2 amide bonds. The Labute approximate surface area is 245 Å². The van der Waals surface area contributed by atoms with E-state index < -0.39 is 0 Å². The third kappa shape index (κ3) is 6.05. The van der Waals surface area contributed by atoms with E-state index in [4.69, 9.17) is 19.2 Å². The Bertz CT molecular complexity index is 1680. The van der Waals surface area contributed by atoms with Crippen LogP contribution in [0.2, 0.25) is 0 Å². The van der Waals surface area contributed by atoms with E-state index in [1.54, 1.807) is 0 Å². The molecule has 9 heteroatoms. The highest BCUT2D eigenvalue weighted by Gasteiger charge is 2.27. The highest BCUT2D eigenvalue weighted by atomic mass is 16.5. The van der Waals surface area contributed by atoms with Crippen LogP contribution in [0.1, 0.15) is 25.2 Å². The number of hydrogen-bond acceptors (Lipinski definition) is 7. The average molecular weight is 563 g/mol. The largest absolute Gasteiger partial charge is 0.457 e. The molecule has 9 nitrogen and oxygen atoms in total. The monoisotopic (exact) mass is 562 g/mol. The summed E-state index contributed by atoms with van der Waals surface area (Å²) in [5, 5.41) is 8.22. The molecule has 1 aliphatic rings. The van der Waals surface area contributed by atoms with Gasteiger partial charge in [0.2, 0.25) is 0 Å². The van der Waals surface area contributed by atoms with Gasteiger partial charge >= 0.3 is 6.03 Å². The van der Waals surface area contributed by atoms with Crippen LogP contribution in [0.4, 0.5) is 16.3 Å². The molecule has 5 aromatic rings. The number of benzene rings is 3. The van der Waals surface area contributed by atoms with E-state index in [9.17, 15) is 4.79 Å². The van der Waals surface area contributed by atoms with Crippen molar-refractivity contribution in [2.75, 3.05) is 36.4 Å². The molecule has 3 heterocycles. The number of nitrogens with one attached hydrogen (secondary N) is 1. The molecule has 1 fully saturated rings. The Morgan fingerprint density at radius 1 is 0.929 bits per heavy atom. The summed E-state index contributed by atoms with van der Waals surface area (Å²) in [4.78, 5) is 26.8. The van der Waals surface area contributed by atoms with E-state index >= 15 is 0 Å². The summed E-state index contributed by atoms with van der Waals surface area (Å²) in [7, 11) is 0. The van der Waals surface area contributed by atoms with Gasteiger partial charge < -0.3 is 24.4 Å². The molecule has 2 aromatic heterocycles. The van der Waals surface area contributed by atoms with Gasteiger partial charge in [-0.1, -0.05) is 67.0 Å². The van der Waals surface area contributed by atoms with Gasteiger partial charge in [0.15, 0.2) is 0 Å². The van der Waals surface area contributed by atoms with Gasteiger partial charge in [-0.05, 0) is 49.2 Å². The number of fused-ring (bicyclic) bond motifs is 1. The van der Waals surface area contributed by atoms with Crippen LogP contribution in [0.15, 0.2) is 83.4 Å². The van der Waals surface area contributed by atoms with Gasteiger partial charge in [0, 0.05) is 43.9 Å². The van der Waals surface area contributed by atoms with E-state index in [2.05, 4.69) is 29.2 Å². The fourth-order valence-corrected chi connectivity index (χ4v) is 5.05. The summed E-state index contributed by atoms with van der Waals surface area (Å²) in [5.74, 6) is 3.33. The Kier molecular flexibility index (Phi) is 7.72. The third-order valence-corrected chi connectivity index (χ3v) is 7.21. The molecule has 0 spiro atoms. The average Bonchev–Trinajstić information content (AvgIpc) is 3.42. The number of piperazine rings is 1. The van der Waals surface area contributed by atoms with Crippen LogP contribution in [-0.2, 0) is 6.42 Å². The number of hydrogen-bond donors (Lipinski definition) is 1. The first-order valence-electron chi connectivity index (χ1n) is 14.3. The number of amides is 2. The van der Waals surface area contributed by atoms with Crippen LogP contribution >= 0.6 is 0 Å². The minimum atomic E-state index is -0.104. The lowest BCUT2D eigenvalue weighted by atomic mass is 10.1. The summed E-state index contributed by atoms with van der Waals surface area (Å²) < 4.78 is 11.9. The summed E-state index contributed by atoms with van der Waals surface area (Å²) >= 11 is 0. The molecule has 0 atom stereocenters. The van der Waals surface area contributed by atoms with Gasteiger partial charge in [0.1, 0.15) is 34.2 Å². The van der Waals surface area contributed by atoms with Crippen LogP contribution in [0.25, 0.3) is 22.4 Å². The summed E-state index contributed by atoms with van der Waals surface area (Å²) in [6.45, 7) is 8.67. The van der Waals surface area contributed by atoms with Crippen molar-refractivity contribution in [2.24, 2.45) is 5.92 Å². The number of aryl methyl sites for hydroxylation is 1. The van der Waals surface area contributed by atoms with Crippen molar-refractivity contribution in [1.82, 2.24) is 20.0 Å². The highest BCUT2D eigenvalue weighted by molar-refractivity contribution is 5.98. The Morgan fingerprint density at radius 2 is 1.67 bits per heavy atom. The topological polar surface area (TPSA) is 96.6 Å². The first-order chi connectivity index (χ1) is 20.4. The number of rotatable bonds is 7. The minimum absolute atomic E-state index is 0.104. The molecule has 0 aliphatic carbocycles. The summed E-state index contributed by atoms with van der Waals surface area (Å²) in [6.07, 6.45) is 0.721. The van der Waals surface area contributed by atoms with Crippen molar-refractivity contribution in [3.05, 3.63) is 90.3 Å². The molecule has 214 valence electrons. The number of carbonyl (C=O) groups is 1. The predicted molar refractivity (Wildman–Crippen MR) is 164 cm³/mol. The molecule has 0 unspecified atom stereocenters. The fraction of sp³-hybridized carbons (Fsp3) is 0.273. The quantitative estimate of drug-likeness (QED) is 0.230. The zero-order valence-electron chi connectivity index (χ0n) is 24.1. The Morgan fingerprint density at radius 3 is 2.40 bits per heavy atom. The van der Waals surface area contributed by atoms with Crippen LogP contribution < -0.4 is 15.0 Å². The standard InChI is InChI=1S/C33H34N6O3/c1-22(2)20-28-35-31(38-16-18-39(19-17-38)33(40)34-25-14-12-23(3)13-15-25)29-30(37-42-32(29)36-28)24-8-7-11-27(21-24)41-26-9-5-4-6-10-26/h4-15,21-22H,16-20H2,1-3H3,(H,34,40). The van der Waals surface area contributed by atoms with Crippen molar-refractivity contribution in [3.63, 3.8) is 0 Å². The minimum Gasteiger partial charge on any atom is -0.457 e. The number of para-hydroxylation sites is 1. The maximum atomic E-state index is 13.0. The van der Waals surface area contributed by atoms with Gasteiger partial charge in [-0.25, -0.2) is 9.78 Å². The molecule has 1 N–H and O–H groups in total. The summed E-state index contributed by atoms with van der Waals surface area (Å²) in [6, 6.07) is 25.2. The highest BCUT2D eigenvalue weighted by Crippen LogP contribution is 2.36. The number of urea groups is 1. The van der Waals surface area contributed by atoms with Gasteiger partial charge in [-0.15, -0.1) is 0 Å². The van der Waals surface area contributed by atoms with E-state index in [0.29, 0.717) is 49.3 Å².